The van der Waals surface area contributed by atoms with Gasteiger partial charge in [-0.25, -0.2) is 9.59 Å². The third-order valence-electron chi connectivity index (χ3n) is 3.58. The zero-order valence-corrected chi connectivity index (χ0v) is 13.2. The molecule has 0 spiro atoms. The quantitative estimate of drug-likeness (QED) is 0.868. The first-order valence-corrected chi connectivity index (χ1v) is 8.25. The number of carboxylic acids is 1. The SMILES string of the molecule is CC(C)(C)OC(=O)N(C1CC1)C1(C(=O)O)CCCSC1. The number of thioether (sulfide) groups is 1. The Balaban J connectivity index is 2.25. The minimum Gasteiger partial charge on any atom is -0.479 e. The van der Waals surface area contributed by atoms with Crippen molar-refractivity contribution in [2.45, 2.75) is 63.6 Å². The largest absolute Gasteiger partial charge is 0.479 e. The van der Waals surface area contributed by atoms with Gasteiger partial charge < -0.3 is 9.84 Å². The van der Waals surface area contributed by atoms with Crippen molar-refractivity contribution >= 4 is 23.8 Å². The molecule has 1 atom stereocenters. The van der Waals surface area contributed by atoms with E-state index in [1.54, 1.807) is 32.5 Å². The molecule has 20 heavy (non-hydrogen) atoms. The number of hydrogen-bond donors (Lipinski definition) is 1. The Labute approximate surface area is 124 Å². The summed E-state index contributed by atoms with van der Waals surface area (Å²) in [5.74, 6) is 0.516. The second-order valence-electron chi connectivity index (χ2n) is 6.57. The maximum atomic E-state index is 12.5. The van der Waals surface area contributed by atoms with Crippen LogP contribution in [0.3, 0.4) is 0 Å². The maximum absolute atomic E-state index is 12.5. The Morgan fingerprint density at radius 2 is 2.00 bits per heavy atom. The molecule has 1 aliphatic heterocycles. The molecule has 1 N–H and O–H groups in total. The van der Waals surface area contributed by atoms with E-state index in [2.05, 4.69) is 0 Å². The van der Waals surface area contributed by atoms with Crippen LogP contribution in [0.5, 0.6) is 0 Å². The number of aliphatic carboxylic acids is 1. The molecule has 1 amide bonds. The number of hydrogen-bond acceptors (Lipinski definition) is 4. The maximum Gasteiger partial charge on any atom is 0.411 e. The summed E-state index contributed by atoms with van der Waals surface area (Å²) in [7, 11) is 0. The molecule has 2 rings (SSSR count). The highest BCUT2D eigenvalue weighted by Crippen LogP contribution is 2.41. The number of carboxylic acid groups (broad SMARTS) is 1. The monoisotopic (exact) mass is 301 g/mol. The van der Waals surface area contributed by atoms with Gasteiger partial charge in [0.15, 0.2) is 5.54 Å². The summed E-state index contributed by atoms with van der Waals surface area (Å²) in [6.07, 6.45) is 2.61. The zero-order chi connectivity index (χ0) is 15.0. The molecule has 0 aromatic heterocycles. The number of amides is 1. The number of ether oxygens (including phenoxy) is 1. The van der Waals surface area contributed by atoms with Gasteiger partial charge in [-0.15, -0.1) is 0 Å². The second kappa shape index (κ2) is 5.47. The summed E-state index contributed by atoms with van der Waals surface area (Å²) in [4.78, 5) is 25.9. The number of carbonyl (C=O) groups is 2. The summed E-state index contributed by atoms with van der Waals surface area (Å²) in [6, 6.07) is 0.0275. The predicted octanol–water partition coefficient (Wildman–Crippen LogP) is 2.74. The van der Waals surface area contributed by atoms with E-state index in [-0.39, 0.29) is 6.04 Å². The number of carbonyl (C=O) groups excluding carboxylic acids is 1. The third-order valence-corrected chi connectivity index (χ3v) is 4.84. The van der Waals surface area contributed by atoms with Gasteiger partial charge in [0.1, 0.15) is 5.60 Å². The van der Waals surface area contributed by atoms with Crippen molar-refractivity contribution in [3.63, 3.8) is 0 Å². The fourth-order valence-corrected chi connectivity index (χ4v) is 3.80. The summed E-state index contributed by atoms with van der Waals surface area (Å²) >= 11 is 1.61. The van der Waals surface area contributed by atoms with Crippen molar-refractivity contribution in [3.8, 4) is 0 Å². The molecule has 1 unspecified atom stereocenters. The molecule has 0 aromatic carbocycles. The van der Waals surface area contributed by atoms with Crippen molar-refractivity contribution in [2.24, 2.45) is 0 Å². The highest BCUT2D eigenvalue weighted by Gasteiger charge is 2.54. The van der Waals surface area contributed by atoms with Crippen LogP contribution in [0, 0.1) is 0 Å². The second-order valence-corrected chi connectivity index (χ2v) is 7.68. The van der Waals surface area contributed by atoms with Crippen LogP contribution in [-0.2, 0) is 9.53 Å². The zero-order valence-electron chi connectivity index (χ0n) is 12.3. The van der Waals surface area contributed by atoms with Crippen LogP contribution >= 0.6 is 11.8 Å². The molecule has 6 heteroatoms. The van der Waals surface area contributed by atoms with Gasteiger partial charge >= 0.3 is 12.1 Å². The summed E-state index contributed by atoms with van der Waals surface area (Å²) in [5, 5.41) is 9.72. The lowest BCUT2D eigenvalue weighted by Crippen LogP contribution is -2.61. The summed E-state index contributed by atoms with van der Waals surface area (Å²) in [6.45, 7) is 5.41. The topological polar surface area (TPSA) is 66.8 Å². The molecule has 2 fully saturated rings. The van der Waals surface area contributed by atoms with E-state index in [0.29, 0.717) is 12.2 Å². The minimum atomic E-state index is -1.09. The molecule has 1 heterocycles. The van der Waals surface area contributed by atoms with E-state index < -0.39 is 23.2 Å². The molecule has 1 saturated heterocycles. The highest BCUT2D eigenvalue weighted by atomic mass is 32.2. The van der Waals surface area contributed by atoms with Crippen LogP contribution in [0.15, 0.2) is 0 Å². The standard InChI is InChI=1S/C14H23NO4S/c1-13(2,3)19-12(18)15(10-5-6-10)14(11(16)17)7-4-8-20-9-14/h10H,4-9H2,1-3H3,(H,16,17). The van der Waals surface area contributed by atoms with Crippen molar-refractivity contribution in [2.75, 3.05) is 11.5 Å². The van der Waals surface area contributed by atoms with E-state index in [4.69, 9.17) is 4.74 Å². The lowest BCUT2D eigenvalue weighted by Gasteiger charge is -2.43. The van der Waals surface area contributed by atoms with Gasteiger partial charge in [-0.1, -0.05) is 0 Å². The van der Waals surface area contributed by atoms with Crippen LogP contribution in [-0.4, -0.2) is 50.8 Å². The van der Waals surface area contributed by atoms with Crippen LogP contribution < -0.4 is 0 Å². The van der Waals surface area contributed by atoms with Gasteiger partial charge in [-0.2, -0.15) is 11.8 Å². The van der Waals surface area contributed by atoms with Gasteiger partial charge in [-0.3, -0.25) is 4.90 Å². The molecule has 5 nitrogen and oxygen atoms in total. The lowest BCUT2D eigenvalue weighted by atomic mass is 9.93. The van der Waals surface area contributed by atoms with Crippen molar-refractivity contribution in [1.82, 2.24) is 4.90 Å². The van der Waals surface area contributed by atoms with E-state index in [1.165, 1.54) is 4.90 Å². The van der Waals surface area contributed by atoms with Gasteiger partial charge in [-0.05, 0) is 52.2 Å². The Kier molecular flexibility index (Phi) is 4.23. The van der Waals surface area contributed by atoms with Crippen LogP contribution in [0.1, 0.15) is 46.5 Å². The minimum absolute atomic E-state index is 0.0275. The van der Waals surface area contributed by atoms with Gasteiger partial charge in [0.05, 0.1) is 0 Å². The van der Waals surface area contributed by atoms with E-state index in [9.17, 15) is 14.7 Å². The molecule has 0 bridgehead atoms. The molecule has 2 aliphatic rings. The first-order valence-electron chi connectivity index (χ1n) is 7.10. The lowest BCUT2D eigenvalue weighted by molar-refractivity contribution is -0.151. The molecule has 1 aliphatic carbocycles. The molecule has 1 saturated carbocycles. The van der Waals surface area contributed by atoms with Gasteiger partial charge in [0.2, 0.25) is 0 Å². The van der Waals surface area contributed by atoms with Gasteiger partial charge in [0, 0.05) is 11.8 Å². The smallest absolute Gasteiger partial charge is 0.411 e. The first-order chi connectivity index (χ1) is 9.26. The number of rotatable bonds is 3. The fourth-order valence-electron chi connectivity index (χ4n) is 2.56. The van der Waals surface area contributed by atoms with E-state index >= 15 is 0 Å². The summed E-state index contributed by atoms with van der Waals surface area (Å²) in [5.41, 5.74) is -1.70. The average molecular weight is 301 g/mol. The number of nitrogens with zero attached hydrogens (tertiary/aromatic N) is 1. The van der Waals surface area contributed by atoms with E-state index in [1.807, 2.05) is 0 Å². The first kappa shape index (κ1) is 15.5. The Hall–Kier alpha value is -0.910. The van der Waals surface area contributed by atoms with E-state index in [0.717, 1.165) is 25.0 Å². The normalized spacial score (nSPS) is 26.9. The molecule has 114 valence electrons. The van der Waals surface area contributed by atoms with Crippen molar-refractivity contribution in [3.05, 3.63) is 0 Å². The Morgan fingerprint density at radius 1 is 1.35 bits per heavy atom. The predicted molar refractivity (Wildman–Crippen MR) is 78.0 cm³/mol. The van der Waals surface area contributed by atoms with Crippen LogP contribution in [0.4, 0.5) is 4.79 Å². The average Bonchev–Trinajstić information content (AvgIpc) is 3.12. The Morgan fingerprint density at radius 3 is 2.40 bits per heavy atom. The van der Waals surface area contributed by atoms with Gasteiger partial charge in [0.25, 0.3) is 0 Å². The molecular formula is C14H23NO4S. The summed E-state index contributed by atoms with van der Waals surface area (Å²) < 4.78 is 5.44. The molecule has 0 aromatic rings. The fraction of sp³-hybridized carbons (Fsp3) is 0.857. The van der Waals surface area contributed by atoms with Crippen LogP contribution in [0.25, 0.3) is 0 Å². The highest BCUT2D eigenvalue weighted by molar-refractivity contribution is 7.99. The molecular weight excluding hydrogens is 278 g/mol. The Bertz CT molecular complexity index is 394. The van der Waals surface area contributed by atoms with Crippen LogP contribution in [0.2, 0.25) is 0 Å². The molecule has 0 radical (unpaired) electrons. The van der Waals surface area contributed by atoms with Crippen molar-refractivity contribution < 1.29 is 19.4 Å². The van der Waals surface area contributed by atoms with Crippen molar-refractivity contribution in [1.29, 1.82) is 0 Å². The third kappa shape index (κ3) is 3.22.